The monoisotopic (exact) mass is 302 g/mol. The van der Waals surface area contributed by atoms with Crippen molar-refractivity contribution in [3.8, 4) is 11.6 Å². The van der Waals surface area contributed by atoms with E-state index < -0.39 is 5.63 Å². The number of aromatic nitrogens is 2. The number of rotatable bonds is 2. The Kier molecular flexibility index (Phi) is 3.35. The van der Waals surface area contributed by atoms with Crippen LogP contribution in [0.25, 0.3) is 11.0 Å². The highest BCUT2D eigenvalue weighted by Crippen LogP contribution is 2.28. The number of halogens is 1. The second kappa shape index (κ2) is 5.18. The lowest BCUT2D eigenvalue weighted by atomic mass is 10.1. The van der Waals surface area contributed by atoms with Gasteiger partial charge in [-0.1, -0.05) is 11.6 Å². The first-order valence-corrected chi connectivity index (χ1v) is 6.62. The quantitative estimate of drug-likeness (QED) is 0.534. The van der Waals surface area contributed by atoms with Crippen molar-refractivity contribution >= 4 is 22.6 Å². The van der Waals surface area contributed by atoms with Gasteiger partial charge >= 0.3 is 5.63 Å². The molecule has 0 aliphatic heterocycles. The molecule has 0 aliphatic carbocycles. The predicted octanol–water partition coefficient (Wildman–Crippen LogP) is 3.65. The van der Waals surface area contributed by atoms with Crippen LogP contribution in [0.3, 0.4) is 0 Å². The van der Waals surface area contributed by atoms with Crippen LogP contribution in [0.15, 0.2) is 39.8 Å². The Hall–Kier alpha value is -2.40. The van der Waals surface area contributed by atoms with Gasteiger partial charge in [0.25, 0.3) is 0 Å². The van der Waals surface area contributed by atoms with Gasteiger partial charge < -0.3 is 9.15 Å². The third-order valence-corrected chi connectivity index (χ3v) is 3.49. The SMILES string of the molecule is Cc1c(Cl)ncnc1Oc1ccc2c(C)cc(=O)oc2c1. The maximum absolute atomic E-state index is 11.4. The summed E-state index contributed by atoms with van der Waals surface area (Å²) in [4.78, 5) is 19.3. The third kappa shape index (κ3) is 2.60. The Morgan fingerprint density at radius 2 is 2.00 bits per heavy atom. The van der Waals surface area contributed by atoms with Crippen molar-refractivity contribution in [1.82, 2.24) is 9.97 Å². The second-order valence-corrected chi connectivity index (χ2v) is 4.96. The van der Waals surface area contributed by atoms with Crippen LogP contribution >= 0.6 is 11.6 Å². The maximum Gasteiger partial charge on any atom is 0.336 e. The molecule has 0 bridgehead atoms. The van der Waals surface area contributed by atoms with E-state index in [1.807, 2.05) is 13.0 Å². The smallest absolute Gasteiger partial charge is 0.336 e. The van der Waals surface area contributed by atoms with Gasteiger partial charge in [-0.3, -0.25) is 0 Å². The summed E-state index contributed by atoms with van der Waals surface area (Å²) in [6.07, 6.45) is 1.33. The number of ether oxygens (including phenoxy) is 1. The molecule has 0 spiro atoms. The van der Waals surface area contributed by atoms with E-state index in [1.165, 1.54) is 12.4 Å². The Morgan fingerprint density at radius 1 is 1.19 bits per heavy atom. The van der Waals surface area contributed by atoms with Crippen LogP contribution in [0.1, 0.15) is 11.1 Å². The summed E-state index contributed by atoms with van der Waals surface area (Å²) in [5.74, 6) is 0.874. The number of hydrogen-bond donors (Lipinski definition) is 0. The minimum absolute atomic E-state index is 0.336. The van der Waals surface area contributed by atoms with Crippen molar-refractivity contribution in [2.45, 2.75) is 13.8 Å². The van der Waals surface area contributed by atoms with E-state index in [4.69, 9.17) is 20.8 Å². The van der Waals surface area contributed by atoms with Crippen molar-refractivity contribution in [1.29, 1.82) is 0 Å². The van der Waals surface area contributed by atoms with Crippen LogP contribution in [-0.4, -0.2) is 9.97 Å². The van der Waals surface area contributed by atoms with Gasteiger partial charge in [-0.15, -0.1) is 0 Å². The summed E-state index contributed by atoms with van der Waals surface area (Å²) in [5, 5.41) is 1.20. The molecule has 3 rings (SSSR count). The standard InChI is InChI=1S/C15H11ClN2O3/c1-8-5-13(19)21-12-6-10(3-4-11(8)12)20-15-9(2)14(16)17-7-18-15/h3-7H,1-2H3. The van der Waals surface area contributed by atoms with Gasteiger partial charge in [-0.25, -0.2) is 14.8 Å². The largest absolute Gasteiger partial charge is 0.438 e. The molecule has 5 nitrogen and oxygen atoms in total. The molecule has 2 heterocycles. The van der Waals surface area contributed by atoms with Crippen LogP contribution in [0.5, 0.6) is 11.6 Å². The van der Waals surface area contributed by atoms with Gasteiger partial charge in [-0.2, -0.15) is 0 Å². The average Bonchev–Trinajstić information content (AvgIpc) is 2.43. The summed E-state index contributed by atoms with van der Waals surface area (Å²) in [6.45, 7) is 3.62. The molecule has 0 atom stereocenters. The van der Waals surface area contributed by atoms with Gasteiger partial charge in [0.1, 0.15) is 22.8 Å². The van der Waals surface area contributed by atoms with Gasteiger partial charge in [-0.05, 0) is 31.5 Å². The summed E-state index contributed by atoms with van der Waals surface area (Å²) in [5.41, 5.74) is 1.58. The first kappa shape index (κ1) is 13.6. The second-order valence-electron chi connectivity index (χ2n) is 4.60. The Morgan fingerprint density at radius 3 is 2.81 bits per heavy atom. The number of fused-ring (bicyclic) bond motifs is 1. The highest BCUT2D eigenvalue weighted by molar-refractivity contribution is 6.30. The molecule has 21 heavy (non-hydrogen) atoms. The lowest BCUT2D eigenvalue weighted by Gasteiger charge is -2.08. The molecule has 106 valence electrons. The molecule has 0 saturated heterocycles. The number of benzene rings is 1. The van der Waals surface area contributed by atoms with E-state index in [0.29, 0.717) is 27.9 Å². The zero-order chi connectivity index (χ0) is 15.0. The predicted molar refractivity (Wildman–Crippen MR) is 79.1 cm³/mol. The van der Waals surface area contributed by atoms with E-state index in [2.05, 4.69) is 9.97 Å². The van der Waals surface area contributed by atoms with Crippen LogP contribution in [0.4, 0.5) is 0 Å². The Bertz CT molecular complexity index is 890. The minimum atomic E-state index is -0.390. The fraction of sp³-hybridized carbons (Fsp3) is 0.133. The molecular formula is C15H11ClN2O3. The summed E-state index contributed by atoms with van der Waals surface area (Å²) < 4.78 is 10.9. The van der Waals surface area contributed by atoms with E-state index in [1.54, 1.807) is 19.1 Å². The van der Waals surface area contributed by atoms with Crippen molar-refractivity contribution in [2.75, 3.05) is 0 Å². The third-order valence-electron chi connectivity index (χ3n) is 3.11. The van der Waals surface area contributed by atoms with Crippen molar-refractivity contribution in [3.05, 3.63) is 57.3 Å². The van der Waals surface area contributed by atoms with Crippen LogP contribution in [-0.2, 0) is 0 Å². The first-order chi connectivity index (χ1) is 10.0. The van der Waals surface area contributed by atoms with Gasteiger partial charge in [0.15, 0.2) is 0 Å². The van der Waals surface area contributed by atoms with Gasteiger partial charge in [0, 0.05) is 23.1 Å². The molecule has 2 aromatic heterocycles. The number of hydrogen-bond acceptors (Lipinski definition) is 5. The minimum Gasteiger partial charge on any atom is -0.438 e. The molecule has 0 aliphatic rings. The fourth-order valence-corrected chi connectivity index (χ4v) is 2.12. The zero-order valence-corrected chi connectivity index (χ0v) is 12.1. The fourth-order valence-electron chi connectivity index (χ4n) is 2.00. The Labute approximate surface area is 125 Å². The molecule has 0 amide bonds. The molecule has 3 aromatic rings. The summed E-state index contributed by atoms with van der Waals surface area (Å²) >= 11 is 5.93. The van der Waals surface area contributed by atoms with E-state index in [-0.39, 0.29) is 0 Å². The average molecular weight is 303 g/mol. The molecule has 0 fully saturated rings. The normalized spacial score (nSPS) is 10.8. The number of aryl methyl sites for hydroxylation is 1. The molecule has 1 aromatic carbocycles. The highest BCUT2D eigenvalue weighted by atomic mass is 35.5. The van der Waals surface area contributed by atoms with Crippen LogP contribution in [0.2, 0.25) is 5.15 Å². The van der Waals surface area contributed by atoms with Crippen molar-refractivity contribution in [2.24, 2.45) is 0 Å². The molecule has 0 saturated carbocycles. The number of nitrogens with zero attached hydrogens (tertiary/aromatic N) is 2. The Balaban J connectivity index is 2.05. The summed E-state index contributed by atoms with van der Waals surface area (Å²) in [7, 11) is 0. The zero-order valence-electron chi connectivity index (χ0n) is 11.4. The molecule has 0 radical (unpaired) electrons. The maximum atomic E-state index is 11.4. The molecular weight excluding hydrogens is 292 g/mol. The lowest BCUT2D eigenvalue weighted by Crippen LogP contribution is -1.98. The van der Waals surface area contributed by atoms with Gasteiger partial charge in [0.2, 0.25) is 5.88 Å². The van der Waals surface area contributed by atoms with E-state index in [9.17, 15) is 4.79 Å². The molecule has 0 unspecified atom stereocenters. The summed E-state index contributed by atoms with van der Waals surface area (Å²) in [6, 6.07) is 6.72. The first-order valence-electron chi connectivity index (χ1n) is 6.24. The van der Waals surface area contributed by atoms with Gasteiger partial charge in [0.05, 0.1) is 0 Å². The molecule has 0 N–H and O–H groups in total. The van der Waals surface area contributed by atoms with E-state index in [0.717, 1.165) is 10.9 Å². The molecule has 6 heteroatoms. The lowest BCUT2D eigenvalue weighted by molar-refractivity contribution is 0.456. The van der Waals surface area contributed by atoms with Crippen molar-refractivity contribution in [3.63, 3.8) is 0 Å². The topological polar surface area (TPSA) is 65.2 Å². The highest BCUT2D eigenvalue weighted by Gasteiger charge is 2.09. The van der Waals surface area contributed by atoms with Crippen LogP contribution in [0, 0.1) is 13.8 Å². The van der Waals surface area contributed by atoms with E-state index >= 15 is 0 Å². The van der Waals surface area contributed by atoms with Crippen molar-refractivity contribution < 1.29 is 9.15 Å². The van der Waals surface area contributed by atoms with Crippen LogP contribution < -0.4 is 10.4 Å².